The van der Waals surface area contributed by atoms with Gasteiger partial charge in [0.1, 0.15) is 0 Å². The Morgan fingerprint density at radius 1 is 1.20 bits per heavy atom. The normalized spacial score (nSPS) is 12.6. The zero-order valence-corrected chi connectivity index (χ0v) is 13.2. The van der Waals surface area contributed by atoms with Crippen molar-refractivity contribution >= 4 is 21.2 Å². The van der Waals surface area contributed by atoms with Gasteiger partial charge in [-0.05, 0) is 0 Å². The summed E-state index contributed by atoms with van der Waals surface area (Å²) in [6, 6.07) is 0. The monoisotopic (exact) mass is 298 g/mol. The second-order valence-corrected chi connectivity index (χ2v) is 15.2. The molecular weight excluding hydrogens is 276 g/mol. The van der Waals surface area contributed by atoms with Crippen LogP contribution in [0, 0.1) is 0 Å². The maximum absolute atomic E-state index is 12.2. The average Bonchev–Trinajstić information content (AvgIpc) is 2.01. The Balaban J connectivity index is 4.63. The minimum absolute atomic E-state index is 0.152. The van der Waals surface area contributed by atoms with Gasteiger partial charge in [0.15, 0.2) is 0 Å². The van der Waals surface area contributed by atoms with Gasteiger partial charge in [-0.25, -0.2) is 0 Å². The molecule has 0 saturated heterocycles. The fourth-order valence-corrected chi connectivity index (χ4v) is 5.69. The molecule has 0 aliphatic heterocycles. The van der Waals surface area contributed by atoms with Crippen LogP contribution in [0.25, 0.3) is 0 Å². The summed E-state index contributed by atoms with van der Waals surface area (Å²) in [7, 11) is -3.28. The summed E-state index contributed by atoms with van der Waals surface area (Å²) in [5.74, 6) is 6.11. The topological polar surface area (TPSA) is 44.8 Å². The van der Waals surface area contributed by atoms with Gasteiger partial charge in [0.2, 0.25) is 0 Å². The first-order valence-electron chi connectivity index (χ1n) is 5.02. The summed E-state index contributed by atoms with van der Waals surface area (Å²) in [4.78, 5) is 0. The third-order valence-corrected chi connectivity index (χ3v) is 5.39. The molecule has 4 nitrogen and oxygen atoms in total. The van der Waals surface area contributed by atoms with Crippen molar-refractivity contribution in [3.8, 4) is 0 Å². The summed E-state index contributed by atoms with van der Waals surface area (Å²) in [5.41, 5.74) is 0.152. The number of hydrogen-bond acceptors (Lipinski definition) is 4. The number of rotatable bonds is 7. The Labute approximate surface area is 95.2 Å². The molecule has 0 heterocycles. The molecule has 15 heavy (non-hydrogen) atoms. The summed E-state index contributed by atoms with van der Waals surface area (Å²) >= 11 is -2.30. The molecule has 0 aromatic heterocycles. The summed E-state index contributed by atoms with van der Waals surface area (Å²) in [6.07, 6.45) is 0. The molecule has 0 atom stereocenters. The molecule has 0 aliphatic rings. The van der Waals surface area contributed by atoms with Gasteiger partial charge in [0.25, 0.3) is 0 Å². The molecule has 0 saturated carbocycles. The van der Waals surface area contributed by atoms with Gasteiger partial charge in [-0.3, -0.25) is 0 Å². The molecule has 0 unspecified atom stereocenters. The van der Waals surface area contributed by atoms with E-state index in [1.54, 1.807) is 13.8 Å². The van der Waals surface area contributed by atoms with Gasteiger partial charge in [0, 0.05) is 0 Å². The van der Waals surface area contributed by atoms with Gasteiger partial charge in [-0.15, -0.1) is 0 Å². The van der Waals surface area contributed by atoms with Crippen LogP contribution >= 0.6 is 7.60 Å². The van der Waals surface area contributed by atoms with E-state index in [4.69, 9.17) is 12.8 Å². The van der Waals surface area contributed by atoms with Crippen LogP contribution in [0.4, 0.5) is 0 Å². The van der Waals surface area contributed by atoms with Gasteiger partial charge in [0.05, 0.1) is 0 Å². The first kappa shape index (κ1) is 15.2. The summed E-state index contributed by atoms with van der Waals surface area (Å²) in [6.45, 7) is 7.82. The van der Waals surface area contributed by atoms with E-state index in [0.717, 1.165) is 0 Å². The molecule has 0 fully saturated rings. The second kappa shape index (κ2) is 6.09. The van der Waals surface area contributed by atoms with Crippen LogP contribution in [0.15, 0.2) is 12.1 Å². The van der Waals surface area contributed by atoms with Crippen molar-refractivity contribution in [3.05, 3.63) is 12.1 Å². The first-order chi connectivity index (χ1) is 6.75. The van der Waals surface area contributed by atoms with Crippen LogP contribution in [0.2, 0.25) is 17.3 Å². The molecule has 0 spiro atoms. The predicted molar refractivity (Wildman–Crippen MR) is 64.4 cm³/mol. The fraction of sp³-hybridized carbons (Fsp3) is 0.778. The molecular formula is C9H21GeO4P. The Bertz CT molecular complexity index is 249. The van der Waals surface area contributed by atoms with E-state index in [1.165, 1.54) is 0 Å². The SMILES string of the molecule is C=C([O][Ge]([CH3])([CH3])[CH3])P(=O)(OCC)OCC. The van der Waals surface area contributed by atoms with Crippen LogP contribution < -0.4 is 0 Å². The van der Waals surface area contributed by atoms with Crippen molar-refractivity contribution in [1.29, 1.82) is 0 Å². The third kappa shape index (κ3) is 5.76. The van der Waals surface area contributed by atoms with E-state index in [1.807, 2.05) is 17.3 Å². The van der Waals surface area contributed by atoms with E-state index in [9.17, 15) is 4.57 Å². The summed E-state index contributed by atoms with van der Waals surface area (Å²) < 4.78 is 28.0. The van der Waals surface area contributed by atoms with Gasteiger partial charge in [-0.1, -0.05) is 0 Å². The second-order valence-electron chi connectivity index (χ2n) is 3.94. The van der Waals surface area contributed by atoms with Gasteiger partial charge < -0.3 is 0 Å². The van der Waals surface area contributed by atoms with E-state index in [-0.39, 0.29) is 5.50 Å². The fourth-order valence-electron chi connectivity index (χ4n) is 0.931. The van der Waals surface area contributed by atoms with E-state index >= 15 is 0 Å². The molecule has 0 amide bonds. The number of hydrogen-bond donors (Lipinski definition) is 0. The van der Waals surface area contributed by atoms with Crippen LogP contribution in [0.3, 0.4) is 0 Å². The molecule has 0 aromatic carbocycles. The van der Waals surface area contributed by atoms with Crippen molar-refractivity contribution in [3.63, 3.8) is 0 Å². The molecule has 90 valence electrons. The molecule has 0 rings (SSSR count). The van der Waals surface area contributed by atoms with Gasteiger partial charge >= 0.3 is 95.0 Å². The maximum atomic E-state index is 12.2. The Morgan fingerprint density at radius 3 is 1.87 bits per heavy atom. The Morgan fingerprint density at radius 2 is 1.60 bits per heavy atom. The Kier molecular flexibility index (Phi) is 6.18. The zero-order chi connectivity index (χ0) is 12.1. The molecule has 0 aliphatic carbocycles. The van der Waals surface area contributed by atoms with Crippen LogP contribution in [-0.4, -0.2) is 26.8 Å². The molecule has 6 heteroatoms. The zero-order valence-electron chi connectivity index (χ0n) is 10.2. The minimum atomic E-state index is -3.28. The Hall–Kier alpha value is 0.233. The quantitative estimate of drug-likeness (QED) is 0.409. The molecule has 0 bridgehead atoms. The average molecular weight is 297 g/mol. The standard InChI is InChI=1S/C9H21GeO4P/c1-7-12-15(11,13-8-2)9(3)14-10(4,5)6/h3,7-8H2,1-2,4-6H3. The molecule has 0 radical (unpaired) electrons. The third-order valence-electron chi connectivity index (χ3n) is 1.33. The van der Waals surface area contributed by atoms with Gasteiger partial charge in [-0.2, -0.15) is 0 Å². The van der Waals surface area contributed by atoms with Crippen LogP contribution in [0.1, 0.15) is 13.8 Å². The van der Waals surface area contributed by atoms with Crippen molar-refractivity contribution < 1.29 is 17.4 Å². The van der Waals surface area contributed by atoms with Crippen molar-refractivity contribution in [2.45, 2.75) is 31.1 Å². The van der Waals surface area contributed by atoms with Crippen molar-refractivity contribution in [2.75, 3.05) is 13.2 Å². The van der Waals surface area contributed by atoms with E-state index < -0.39 is 21.2 Å². The van der Waals surface area contributed by atoms with E-state index in [2.05, 4.69) is 6.58 Å². The molecule has 0 aromatic rings. The molecule has 0 N–H and O–H groups in total. The van der Waals surface area contributed by atoms with Crippen molar-refractivity contribution in [2.24, 2.45) is 0 Å². The predicted octanol–water partition coefficient (Wildman–Crippen LogP) is 3.58. The van der Waals surface area contributed by atoms with E-state index in [0.29, 0.717) is 13.2 Å². The van der Waals surface area contributed by atoms with Crippen LogP contribution in [-0.2, 0) is 17.4 Å². The summed E-state index contributed by atoms with van der Waals surface area (Å²) in [5, 5.41) is 0. The first-order valence-corrected chi connectivity index (χ1v) is 13.7. The van der Waals surface area contributed by atoms with Crippen molar-refractivity contribution in [1.82, 2.24) is 0 Å². The van der Waals surface area contributed by atoms with Crippen LogP contribution in [0.5, 0.6) is 0 Å².